The second-order valence-corrected chi connectivity index (χ2v) is 5.29. The Balaban J connectivity index is 2.03. The Hall–Kier alpha value is -2.87. The quantitative estimate of drug-likeness (QED) is 0.715. The highest BCUT2D eigenvalue weighted by Gasteiger charge is 2.14. The molecule has 0 spiro atoms. The summed E-state index contributed by atoms with van der Waals surface area (Å²) in [6.07, 6.45) is 0. The van der Waals surface area contributed by atoms with Crippen molar-refractivity contribution in [3.63, 3.8) is 0 Å². The standard InChI is InChI=1S/C20H16O2/c1-14-7-9-16(10-8-14)20(22)18-13-17(11-12-19(18)21)15-5-3-2-4-6-15/h2-13,21H,1H3. The molecule has 3 aromatic rings. The minimum atomic E-state index is -0.171. The smallest absolute Gasteiger partial charge is 0.196 e. The molecule has 0 bridgehead atoms. The highest BCUT2D eigenvalue weighted by Crippen LogP contribution is 2.27. The summed E-state index contributed by atoms with van der Waals surface area (Å²) in [6.45, 7) is 1.97. The van der Waals surface area contributed by atoms with E-state index in [1.807, 2.05) is 55.5 Å². The minimum Gasteiger partial charge on any atom is -0.507 e. The molecule has 2 heteroatoms. The number of hydrogen-bond acceptors (Lipinski definition) is 2. The molecule has 0 aromatic heterocycles. The number of phenols is 1. The zero-order chi connectivity index (χ0) is 15.5. The number of ketones is 1. The maximum absolute atomic E-state index is 12.6. The topological polar surface area (TPSA) is 37.3 Å². The molecule has 0 fully saturated rings. The number of benzene rings is 3. The van der Waals surface area contributed by atoms with Gasteiger partial charge in [-0.1, -0.05) is 66.2 Å². The molecule has 0 saturated carbocycles. The molecule has 108 valence electrons. The second kappa shape index (κ2) is 5.86. The number of rotatable bonds is 3. The molecule has 0 saturated heterocycles. The molecular weight excluding hydrogens is 272 g/mol. The van der Waals surface area contributed by atoms with Crippen molar-refractivity contribution in [3.05, 3.63) is 89.5 Å². The van der Waals surface area contributed by atoms with Gasteiger partial charge in [0.25, 0.3) is 0 Å². The fourth-order valence-electron chi connectivity index (χ4n) is 2.39. The molecule has 3 rings (SSSR count). The van der Waals surface area contributed by atoms with E-state index < -0.39 is 0 Å². The first-order valence-electron chi connectivity index (χ1n) is 7.15. The highest BCUT2D eigenvalue weighted by atomic mass is 16.3. The van der Waals surface area contributed by atoms with Crippen molar-refractivity contribution in [2.24, 2.45) is 0 Å². The van der Waals surface area contributed by atoms with Crippen molar-refractivity contribution < 1.29 is 9.90 Å². The van der Waals surface area contributed by atoms with Crippen molar-refractivity contribution in [1.82, 2.24) is 0 Å². The van der Waals surface area contributed by atoms with Gasteiger partial charge in [0.1, 0.15) is 5.75 Å². The van der Waals surface area contributed by atoms with Gasteiger partial charge < -0.3 is 5.11 Å². The number of hydrogen-bond donors (Lipinski definition) is 1. The molecule has 0 atom stereocenters. The Kier molecular flexibility index (Phi) is 3.75. The predicted octanol–water partition coefficient (Wildman–Crippen LogP) is 4.60. The largest absolute Gasteiger partial charge is 0.507 e. The van der Waals surface area contributed by atoms with E-state index in [4.69, 9.17) is 0 Å². The molecule has 2 nitrogen and oxygen atoms in total. The van der Waals surface area contributed by atoms with E-state index in [-0.39, 0.29) is 11.5 Å². The van der Waals surface area contributed by atoms with Crippen molar-refractivity contribution >= 4 is 5.78 Å². The third-order valence-electron chi connectivity index (χ3n) is 3.66. The van der Waals surface area contributed by atoms with Crippen LogP contribution >= 0.6 is 0 Å². The van der Waals surface area contributed by atoms with Crippen molar-refractivity contribution in [3.8, 4) is 16.9 Å². The van der Waals surface area contributed by atoms with Crippen LogP contribution in [0.1, 0.15) is 21.5 Å². The Bertz CT molecular complexity index is 803. The van der Waals surface area contributed by atoms with Gasteiger partial charge in [0.15, 0.2) is 5.78 Å². The van der Waals surface area contributed by atoms with Gasteiger partial charge >= 0.3 is 0 Å². The van der Waals surface area contributed by atoms with Crippen LogP contribution in [0.4, 0.5) is 0 Å². The fourth-order valence-corrected chi connectivity index (χ4v) is 2.39. The van der Waals surface area contributed by atoms with E-state index in [1.165, 1.54) is 0 Å². The average molecular weight is 288 g/mol. The minimum absolute atomic E-state index is 0.00487. The lowest BCUT2D eigenvalue weighted by molar-refractivity contribution is 0.103. The zero-order valence-corrected chi connectivity index (χ0v) is 12.3. The number of phenolic OH excluding ortho intramolecular Hbond substituents is 1. The summed E-state index contributed by atoms with van der Waals surface area (Å²) in [4.78, 5) is 12.6. The van der Waals surface area contributed by atoms with Crippen LogP contribution in [0.2, 0.25) is 0 Å². The number of aromatic hydroxyl groups is 1. The van der Waals surface area contributed by atoms with Crippen LogP contribution in [0.5, 0.6) is 5.75 Å². The van der Waals surface area contributed by atoms with Crippen LogP contribution in [-0.4, -0.2) is 10.9 Å². The lowest BCUT2D eigenvalue weighted by Crippen LogP contribution is -2.02. The van der Waals surface area contributed by atoms with Crippen LogP contribution in [-0.2, 0) is 0 Å². The number of carbonyl (C=O) groups is 1. The van der Waals surface area contributed by atoms with Crippen LogP contribution < -0.4 is 0 Å². The Morgan fingerprint density at radius 1 is 0.818 bits per heavy atom. The molecule has 22 heavy (non-hydrogen) atoms. The molecule has 0 unspecified atom stereocenters. The predicted molar refractivity (Wildman–Crippen MR) is 88.2 cm³/mol. The summed E-state index contributed by atoms with van der Waals surface area (Å²) in [5.74, 6) is -0.166. The van der Waals surface area contributed by atoms with Gasteiger partial charge in [-0.2, -0.15) is 0 Å². The molecule has 0 aliphatic carbocycles. The summed E-state index contributed by atoms with van der Waals surface area (Å²) in [5, 5.41) is 10.0. The van der Waals surface area contributed by atoms with E-state index >= 15 is 0 Å². The summed E-state index contributed by atoms with van der Waals surface area (Å²) in [5.41, 5.74) is 3.92. The Labute approximate surface area is 129 Å². The summed E-state index contributed by atoms with van der Waals surface area (Å²) in [7, 11) is 0. The Morgan fingerprint density at radius 2 is 1.50 bits per heavy atom. The van der Waals surface area contributed by atoms with Crippen molar-refractivity contribution in [1.29, 1.82) is 0 Å². The SMILES string of the molecule is Cc1ccc(C(=O)c2cc(-c3ccccc3)ccc2O)cc1. The van der Waals surface area contributed by atoms with Gasteiger partial charge in [-0.15, -0.1) is 0 Å². The van der Waals surface area contributed by atoms with Gasteiger partial charge in [-0.25, -0.2) is 0 Å². The molecule has 0 heterocycles. The zero-order valence-electron chi connectivity index (χ0n) is 12.3. The van der Waals surface area contributed by atoms with Gasteiger partial charge in [-0.05, 0) is 30.2 Å². The van der Waals surface area contributed by atoms with E-state index in [0.717, 1.165) is 16.7 Å². The summed E-state index contributed by atoms with van der Waals surface area (Å²) < 4.78 is 0. The lowest BCUT2D eigenvalue weighted by Gasteiger charge is -2.08. The van der Waals surface area contributed by atoms with E-state index in [1.54, 1.807) is 24.3 Å². The van der Waals surface area contributed by atoms with Crippen LogP contribution in [0.25, 0.3) is 11.1 Å². The van der Waals surface area contributed by atoms with Gasteiger partial charge in [-0.3, -0.25) is 4.79 Å². The maximum atomic E-state index is 12.6. The summed E-state index contributed by atoms with van der Waals surface area (Å²) >= 11 is 0. The third-order valence-corrected chi connectivity index (χ3v) is 3.66. The molecular formula is C20H16O2. The van der Waals surface area contributed by atoms with Crippen LogP contribution in [0, 0.1) is 6.92 Å². The van der Waals surface area contributed by atoms with Crippen LogP contribution in [0.15, 0.2) is 72.8 Å². The molecule has 3 aromatic carbocycles. The normalized spacial score (nSPS) is 10.4. The van der Waals surface area contributed by atoms with E-state index in [9.17, 15) is 9.90 Å². The monoisotopic (exact) mass is 288 g/mol. The third kappa shape index (κ3) is 2.77. The average Bonchev–Trinajstić information content (AvgIpc) is 2.56. The molecule has 0 aliphatic rings. The first-order valence-corrected chi connectivity index (χ1v) is 7.15. The van der Waals surface area contributed by atoms with Gasteiger partial charge in [0.2, 0.25) is 0 Å². The first kappa shape index (κ1) is 14.1. The lowest BCUT2D eigenvalue weighted by atomic mass is 9.97. The maximum Gasteiger partial charge on any atom is 0.196 e. The highest BCUT2D eigenvalue weighted by molar-refractivity contribution is 6.11. The fraction of sp³-hybridized carbons (Fsp3) is 0.0500. The summed E-state index contributed by atoms with van der Waals surface area (Å²) in [6, 6.07) is 22.3. The van der Waals surface area contributed by atoms with Crippen LogP contribution in [0.3, 0.4) is 0 Å². The van der Waals surface area contributed by atoms with Gasteiger partial charge in [0, 0.05) is 5.56 Å². The van der Waals surface area contributed by atoms with Crippen molar-refractivity contribution in [2.75, 3.05) is 0 Å². The first-order chi connectivity index (χ1) is 10.6. The molecule has 0 amide bonds. The van der Waals surface area contributed by atoms with E-state index in [0.29, 0.717) is 11.1 Å². The second-order valence-electron chi connectivity index (χ2n) is 5.29. The molecule has 0 aliphatic heterocycles. The Morgan fingerprint density at radius 3 is 2.18 bits per heavy atom. The van der Waals surface area contributed by atoms with E-state index in [2.05, 4.69) is 0 Å². The van der Waals surface area contributed by atoms with Crippen molar-refractivity contribution in [2.45, 2.75) is 6.92 Å². The number of carbonyl (C=O) groups excluding carboxylic acids is 1. The molecule has 0 radical (unpaired) electrons. The molecule has 1 N–H and O–H groups in total. The number of aryl methyl sites for hydroxylation is 1. The van der Waals surface area contributed by atoms with Gasteiger partial charge in [0.05, 0.1) is 5.56 Å².